The number of aromatic nitrogens is 2. The van der Waals surface area contributed by atoms with Gasteiger partial charge in [-0.3, -0.25) is 9.59 Å². The first-order chi connectivity index (χ1) is 12.9. The summed E-state index contributed by atoms with van der Waals surface area (Å²) in [6.07, 6.45) is 1.29. The molecule has 1 N–H and O–H groups in total. The highest BCUT2D eigenvalue weighted by Crippen LogP contribution is 2.21. The number of anilines is 1. The van der Waals surface area contributed by atoms with Crippen molar-refractivity contribution in [2.45, 2.75) is 26.3 Å². The van der Waals surface area contributed by atoms with Gasteiger partial charge in [0.2, 0.25) is 11.8 Å². The quantitative estimate of drug-likeness (QED) is 0.859. The number of likely N-dealkylation sites (tertiary alicyclic amines) is 1. The van der Waals surface area contributed by atoms with Crippen LogP contribution in [0.15, 0.2) is 28.8 Å². The van der Waals surface area contributed by atoms with Crippen molar-refractivity contribution in [2.24, 2.45) is 5.92 Å². The zero-order chi connectivity index (χ0) is 19.4. The summed E-state index contributed by atoms with van der Waals surface area (Å²) >= 11 is 0. The Balaban J connectivity index is 1.51. The highest BCUT2D eigenvalue weighted by Gasteiger charge is 2.28. The Morgan fingerprint density at radius 2 is 2.04 bits per heavy atom. The molecular formula is C19H25N5O3. The lowest BCUT2D eigenvalue weighted by Crippen LogP contribution is -2.43. The van der Waals surface area contributed by atoms with Crippen LogP contribution in [-0.4, -0.2) is 54.0 Å². The van der Waals surface area contributed by atoms with Crippen LogP contribution in [0.25, 0.3) is 0 Å². The molecule has 8 nitrogen and oxygen atoms in total. The molecular weight excluding hydrogens is 346 g/mol. The molecule has 1 aromatic carbocycles. The SMILES string of the molecule is Cc1noc(CNC(=O)C2CCN(C(=O)c3cccc(N(C)C)c3)CC2)n1. The van der Waals surface area contributed by atoms with E-state index in [9.17, 15) is 9.59 Å². The highest BCUT2D eigenvalue weighted by atomic mass is 16.5. The van der Waals surface area contributed by atoms with E-state index in [0.717, 1.165) is 5.69 Å². The van der Waals surface area contributed by atoms with Gasteiger partial charge >= 0.3 is 0 Å². The standard InChI is InChI=1S/C19H25N5O3/c1-13-21-17(27-22-13)12-20-18(25)14-7-9-24(10-8-14)19(26)15-5-4-6-16(11-15)23(2)3/h4-6,11,14H,7-10,12H2,1-3H3,(H,20,25). The van der Waals surface area contributed by atoms with E-state index < -0.39 is 0 Å². The monoisotopic (exact) mass is 371 g/mol. The molecule has 0 bridgehead atoms. The number of piperidine rings is 1. The number of carbonyl (C=O) groups is 2. The summed E-state index contributed by atoms with van der Waals surface area (Å²) in [5, 5.41) is 6.53. The van der Waals surface area contributed by atoms with E-state index in [1.54, 1.807) is 6.92 Å². The first-order valence-electron chi connectivity index (χ1n) is 9.07. The van der Waals surface area contributed by atoms with Gasteiger partial charge in [-0.05, 0) is 38.0 Å². The minimum atomic E-state index is -0.105. The van der Waals surface area contributed by atoms with E-state index in [-0.39, 0.29) is 24.3 Å². The van der Waals surface area contributed by atoms with Crippen molar-refractivity contribution in [1.29, 1.82) is 0 Å². The largest absolute Gasteiger partial charge is 0.378 e. The number of rotatable bonds is 5. The Hall–Kier alpha value is -2.90. The van der Waals surface area contributed by atoms with E-state index in [1.165, 1.54) is 0 Å². The third kappa shape index (κ3) is 4.64. The first-order valence-corrected chi connectivity index (χ1v) is 9.07. The van der Waals surface area contributed by atoms with Crippen LogP contribution < -0.4 is 10.2 Å². The maximum atomic E-state index is 12.7. The molecule has 144 valence electrons. The van der Waals surface area contributed by atoms with Crippen LogP contribution >= 0.6 is 0 Å². The third-order valence-electron chi connectivity index (χ3n) is 4.75. The molecule has 2 amide bonds. The van der Waals surface area contributed by atoms with E-state index in [1.807, 2.05) is 48.2 Å². The van der Waals surface area contributed by atoms with Gasteiger partial charge in [0, 0.05) is 44.4 Å². The molecule has 3 rings (SSSR count). The van der Waals surface area contributed by atoms with Gasteiger partial charge in [-0.15, -0.1) is 0 Å². The van der Waals surface area contributed by atoms with E-state index in [4.69, 9.17) is 4.52 Å². The third-order valence-corrected chi connectivity index (χ3v) is 4.75. The Morgan fingerprint density at radius 3 is 2.67 bits per heavy atom. The number of hydrogen-bond acceptors (Lipinski definition) is 6. The second-order valence-corrected chi connectivity index (χ2v) is 6.96. The molecule has 2 heterocycles. The van der Waals surface area contributed by atoms with Gasteiger partial charge in [0.05, 0.1) is 6.54 Å². The summed E-state index contributed by atoms with van der Waals surface area (Å²) in [5.74, 6) is 0.816. The van der Waals surface area contributed by atoms with Gasteiger partial charge in [0.15, 0.2) is 5.82 Å². The van der Waals surface area contributed by atoms with Gasteiger partial charge < -0.3 is 19.6 Å². The number of nitrogens with one attached hydrogen (secondary N) is 1. The average molecular weight is 371 g/mol. The number of carbonyl (C=O) groups excluding carboxylic acids is 2. The fourth-order valence-electron chi connectivity index (χ4n) is 3.16. The molecule has 0 aliphatic carbocycles. The Kier molecular flexibility index (Phi) is 5.73. The minimum Gasteiger partial charge on any atom is -0.378 e. The van der Waals surface area contributed by atoms with E-state index in [0.29, 0.717) is 43.2 Å². The molecule has 27 heavy (non-hydrogen) atoms. The van der Waals surface area contributed by atoms with Crippen LogP contribution in [0.1, 0.15) is 34.9 Å². The first kappa shape index (κ1) is 18.9. The van der Waals surface area contributed by atoms with Crippen molar-refractivity contribution in [3.05, 3.63) is 41.5 Å². The van der Waals surface area contributed by atoms with Crippen molar-refractivity contribution in [3.63, 3.8) is 0 Å². The Morgan fingerprint density at radius 1 is 1.30 bits per heavy atom. The van der Waals surface area contributed by atoms with Crippen molar-refractivity contribution >= 4 is 17.5 Å². The number of amides is 2. The molecule has 1 aliphatic heterocycles. The molecule has 1 saturated heterocycles. The average Bonchev–Trinajstić information content (AvgIpc) is 3.11. The second-order valence-electron chi connectivity index (χ2n) is 6.96. The maximum absolute atomic E-state index is 12.7. The predicted molar refractivity (Wildman–Crippen MR) is 100 cm³/mol. The van der Waals surface area contributed by atoms with E-state index in [2.05, 4.69) is 15.5 Å². The van der Waals surface area contributed by atoms with Gasteiger partial charge in [-0.1, -0.05) is 11.2 Å². The maximum Gasteiger partial charge on any atom is 0.253 e. The molecule has 0 unspecified atom stereocenters. The number of nitrogens with zero attached hydrogens (tertiary/aromatic N) is 4. The fourth-order valence-corrected chi connectivity index (χ4v) is 3.16. The predicted octanol–water partition coefficient (Wildman–Crippen LogP) is 1.61. The Bertz CT molecular complexity index is 809. The zero-order valence-corrected chi connectivity index (χ0v) is 15.9. The highest BCUT2D eigenvalue weighted by molar-refractivity contribution is 5.95. The van der Waals surface area contributed by atoms with Gasteiger partial charge in [-0.25, -0.2) is 0 Å². The molecule has 2 aromatic rings. The number of benzene rings is 1. The van der Waals surface area contributed by atoms with Crippen molar-refractivity contribution < 1.29 is 14.1 Å². The summed E-state index contributed by atoms with van der Waals surface area (Å²) in [7, 11) is 3.90. The molecule has 0 atom stereocenters. The summed E-state index contributed by atoms with van der Waals surface area (Å²) in [4.78, 5) is 32.9. The lowest BCUT2D eigenvalue weighted by molar-refractivity contribution is -0.126. The topological polar surface area (TPSA) is 91.6 Å². The van der Waals surface area contributed by atoms with E-state index >= 15 is 0 Å². The summed E-state index contributed by atoms with van der Waals surface area (Å²) in [6, 6.07) is 7.59. The van der Waals surface area contributed by atoms with Gasteiger partial charge in [0.1, 0.15) is 0 Å². The van der Waals surface area contributed by atoms with Crippen LogP contribution in [0, 0.1) is 12.8 Å². The molecule has 0 spiro atoms. The summed E-state index contributed by atoms with van der Waals surface area (Å²) in [5.41, 5.74) is 1.67. The normalized spacial score (nSPS) is 14.9. The molecule has 0 saturated carbocycles. The molecule has 0 radical (unpaired) electrons. The van der Waals surface area contributed by atoms with Crippen LogP contribution in [0.3, 0.4) is 0 Å². The van der Waals surface area contributed by atoms with Crippen LogP contribution in [0.5, 0.6) is 0 Å². The van der Waals surface area contributed by atoms with Crippen LogP contribution in [-0.2, 0) is 11.3 Å². The number of aryl methyl sites for hydroxylation is 1. The molecule has 1 aromatic heterocycles. The second kappa shape index (κ2) is 8.20. The minimum absolute atomic E-state index is 0.0129. The van der Waals surface area contributed by atoms with Crippen molar-refractivity contribution in [2.75, 3.05) is 32.1 Å². The Labute approximate surface area is 158 Å². The molecule has 1 fully saturated rings. The fraction of sp³-hybridized carbons (Fsp3) is 0.474. The summed E-state index contributed by atoms with van der Waals surface area (Å²) < 4.78 is 4.99. The number of hydrogen-bond donors (Lipinski definition) is 1. The van der Waals surface area contributed by atoms with Crippen LogP contribution in [0.4, 0.5) is 5.69 Å². The molecule has 1 aliphatic rings. The lowest BCUT2D eigenvalue weighted by atomic mass is 9.95. The smallest absolute Gasteiger partial charge is 0.253 e. The summed E-state index contributed by atoms with van der Waals surface area (Å²) in [6.45, 7) is 3.11. The van der Waals surface area contributed by atoms with Crippen LogP contribution in [0.2, 0.25) is 0 Å². The van der Waals surface area contributed by atoms with Crippen molar-refractivity contribution in [3.8, 4) is 0 Å². The van der Waals surface area contributed by atoms with Gasteiger partial charge in [0.25, 0.3) is 5.91 Å². The molecule has 8 heteroatoms. The zero-order valence-electron chi connectivity index (χ0n) is 15.9. The van der Waals surface area contributed by atoms with Gasteiger partial charge in [-0.2, -0.15) is 4.98 Å². The van der Waals surface area contributed by atoms with Crippen molar-refractivity contribution in [1.82, 2.24) is 20.4 Å². The lowest BCUT2D eigenvalue weighted by Gasteiger charge is -2.31.